The average molecular weight is 549 g/mol. The third-order valence-corrected chi connectivity index (χ3v) is 8.35. The van der Waals surface area contributed by atoms with Crippen molar-refractivity contribution in [2.24, 2.45) is 0 Å². The molecule has 10 heteroatoms. The predicted octanol–water partition coefficient (Wildman–Crippen LogP) is 2.60. The van der Waals surface area contributed by atoms with Crippen LogP contribution in [-0.2, 0) is 20.7 Å². The van der Waals surface area contributed by atoms with Crippen molar-refractivity contribution < 1.29 is 28.5 Å². The fourth-order valence-corrected chi connectivity index (χ4v) is 6.43. The lowest BCUT2D eigenvalue weighted by Crippen LogP contribution is -2.63. The second-order valence-electron chi connectivity index (χ2n) is 10.5. The number of aromatic nitrogens is 1. The molecule has 10 nitrogen and oxygen atoms in total. The maximum Gasteiger partial charge on any atom is 0.246 e. The van der Waals surface area contributed by atoms with Gasteiger partial charge < -0.3 is 33.7 Å². The number of nitrogens with one attached hydrogen (secondary N) is 1. The van der Waals surface area contributed by atoms with Crippen LogP contribution >= 0.6 is 0 Å². The summed E-state index contributed by atoms with van der Waals surface area (Å²) in [7, 11) is 4.71. The Balaban J connectivity index is 1.37. The summed E-state index contributed by atoms with van der Waals surface area (Å²) in [5, 5.41) is 1.07. The van der Waals surface area contributed by atoms with Gasteiger partial charge in [0.15, 0.2) is 11.5 Å². The number of hydrogen-bond acceptors (Lipinski definition) is 7. The van der Waals surface area contributed by atoms with Crippen LogP contribution < -0.4 is 14.2 Å². The van der Waals surface area contributed by atoms with Gasteiger partial charge in [0, 0.05) is 49.2 Å². The molecule has 6 rings (SSSR count). The van der Waals surface area contributed by atoms with E-state index in [1.807, 2.05) is 30.3 Å². The van der Waals surface area contributed by atoms with Crippen LogP contribution in [0.25, 0.3) is 10.9 Å². The lowest BCUT2D eigenvalue weighted by atomic mass is 9.86. The van der Waals surface area contributed by atoms with Crippen LogP contribution in [0.1, 0.15) is 29.3 Å². The van der Waals surface area contributed by atoms with Gasteiger partial charge in [0.2, 0.25) is 17.6 Å². The molecule has 2 amide bonds. The first-order valence-electron chi connectivity index (χ1n) is 13.8. The van der Waals surface area contributed by atoms with Crippen LogP contribution in [0.5, 0.6) is 17.2 Å². The van der Waals surface area contributed by atoms with Crippen LogP contribution in [0.4, 0.5) is 0 Å². The van der Waals surface area contributed by atoms with Gasteiger partial charge in [-0.15, -0.1) is 0 Å². The first-order chi connectivity index (χ1) is 19.5. The number of benzene rings is 2. The van der Waals surface area contributed by atoms with Crippen molar-refractivity contribution in [3.05, 3.63) is 53.2 Å². The van der Waals surface area contributed by atoms with Gasteiger partial charge in [-0.25, -0.2) is 0 Å². The highest BCUT2D eigenvalue weighted by Gasteiger charge is 2.48. The van der Waals surface area contributed by atoms with Crippen molar-refractivity contribution in [3.8, 4) is 17.2 Å². The molecule has 1 aromatic heterocycles. The fraction of sp³-hybridized carbons (Fsp3) is 0.467. The van der Waals surface area contributed by atoms with E-state index in [4.69, 9.17) is 18.9 Å². The third-order valence-electron chi connectivity index (χ3n) is 8.35. The molecule has 0 unspecified atom stereocenters. The summed E-state index contributed by atoms with van der Waals surface area (Å²) in [6.07, 6.45) is 1.28. The highest BCUT2D eigenvalue weighted by molar-refractivity contribution is 5.97. The Morgan fingerprint density at radius 3 is 2.40 bits per heavy atom. The Bertz CT molecular complexity index is 1390. The maximum atomic E-state index is 14.0. The van der Waals surface area contributed by atoms with Gasteiger partial charge in [0.05, 0.1) is 47.1 Å². The Labute approximate surface area is 233 Å². The van der Waals surface area contributed by atoms with Gasteiger partial charge in [-0.2, -0.15) is 0 Å². The van der Waals surface area contributed by atoms with Crippen LogP contribution in [0, 0.1) is 0 Å². The lowest BCUT2D eigenvalue weighted by Gasteiger charge is -2.47. The minimum atomic E-state index is -0.597. The first-order valence-corrected chi connectivity index (χ1v) is 13.8. The number of morpholine rings is 1. The molecule has 212 valence electrons. The fourth-order valence-electron chi connectivity index (χ4n) is 6.43. The minimum absolute atomic E-state index is 0.00468. The summed E-state index contributed by atoms with van der Waals surface area (Å²) in [6, 6.07) is 10.7. The maximum absolute atomic E-state index is 14.0. The number of methoxy groups -OCH3 is 3. The molecule has 3 aliphatic rings. The number of aromatic amines is 1. The summed E-state index contributed by atoms with van der Waals surface area (Å²) in [5.41, 5.74) is 3.74. The molecule has 1 N–H and O–H groups in total. The Morgan fingerprint density at radius 1 is 0.975 bits per heavy atom. The number of para-hydroxylation sites is 1. The van der Waals surface area contributed by atoms with Crippen LogP contribution in [0.3, 0.4) is 0 Å². The zero-order valence-corrected chi connectivity index (χ0v) is 23.3. The van der Waals surface area contributed by atoms with Gasteiger partial charge in [-0.05, 0) is 35.7 Å². The van der Waals surface area contributed by atoms with E-state index >= 15 is 0 Å². The van der Waals surface area contributed by atoms with Gasteiger partial charge in [-0.1, -0.05) is 18.2 Å². The predicted molar refractivity (Wildman–Crippen MR) is 149 cm³/mol. The van der Waals surface area contributed by atoms with Crippen LogP contribution in [-0.4, -0.2) is 105 Å². The Morgan fingerprint density at radius 2 is 1.70 bits per heavy atom. The van der Waals surface area contributed by atoms with Crippen molar-refractivity contribution in [2.75, 3.05) is 67.3 Å². The quantitative estimate of drug-likeness (QED) is 0.462. The molecule has 0 saturated carbocycles. The number of carbonyl (C=O) groups excluding carboxylic acids is 2. The highest BCUT2D eigenvalue weighted by Crippen LogP contribution is 2.47. The number of nitrogens with zero attached hydrogens (tertiary/aromatic N) is 3. The van der Waals surface area contributed by atoms with Crippen LogP contribution in [0.15, 0.2) is 36.4 Å². The minimum Gasteiger partial charge on any atom is -0.493 e. The number of ether oxygens (including phenoxy) is 4. The zero-order chi connectivity index (χ0) is 27.8. The third kappa shape index (κ3) is 4.54. The van der Waals surface area contributed by atoms with Crippen LogP contribution in [0.2, 0.25) is 0 Å². The summed E-state index contributed by atoms with van der Waals surface area (Å²) >= 11 is 0. The van der Waals surface area contributed by atoms with E-state index in [-0.39, 0.29) is 18.4 Å². The van der Waals surface area contributed by atoms with E-state index in [1.165, 1.54) is 0 Å². The molecule has 0 spiro atoms. The molecule has 2 saturated heterocycles. The lowest BCUT2D eigenvalue weighted by molar-refractivity contribution is -0.158. The van der Waals surface area contributed by atoms with Crippen molar-refractivity contribution >= 4 is 22.7 Å². The zero-order valence-electron chi connectivity index (χ0n) is 23.3. The molecule has 0 bridgehead atoms. The number of rotatable bonds is 8. The molecule has 2 aromatic carbocycles. The van der Waals surface area contributed by atoms with E-state index in [0.717, 1.165) is 67.0 Å². The highest BCUT2D eigenvalue weighted by atomic mass is 16.5. The number of fused-ring (bicyclic) bond motifs is 4. The van der Waals surface area contributed by atoms with Crippen molar-refractivity contribution in [1.29, 1.82) is 0 Å². The second kappa shape index (κ2) is 11.0. The van der Waals surface area contributed by atoms with Crippen molar-refractivity contribution in [3.63, 3.8) is 0 Å². The first kappa shape index (κ1) is 26.5. The molecule has 2 atom stereocenters. The molecule has 0 aliphatic carbocycles. The van der Waals surface area contributed by atoms with Crippen molar-refractivity contribution in [1.82, 2.24) is 19.7 Å². The average Bonchev–Trinajstić information content (AvgIpc) is 3.36. The smallest absolute Gasteiger partial charge is 0.246 e. The Kier molecular flexibility index (Phi) is 7.29. The van der Waals surface area contributed by atoms with Gasteiger partial charge in [0.25, 0.3) is 0 Å². The summed E-state index contributed by atoms with van der Waals surface area (Å²) in [6.45, 7) is 4.81. The molecule has 2 fully saturated rings. The monoisotopic (exact) mass is 548 g/mol. The van der Waals surface area contributed by atoms with E-state index < -0.39 is 12.1 Å². The number of piperazine rings is 1. The topological polar surface area (TPSA) is 96.6 Å². The molecule has 3 aliphatic heterocycles. The SMILES string of the molecule is COc1cc([C@H]2c3[nH]c4ccccc4c3C[C@@H]3C(=O)N(CCCN4CCOCC4)CC(=O)N23)cc(OC)c1OC. The number of carbonyl (C=O) groups is 2. The van der Waals surface area contributed by atoms with E-state index in [9.17, 15) is 9.59 Å². The molecule has 4 heterocycles. The van der Waals surface area contributed by atoms with E-state index in [2.05, 4.69) is 16.0 Å². The normalized spacial score (nSPS) is 21.4. The number of H-pyrrole nitrogens is 1. The number of hydrogen-bond donors (Lipinski definition) is 1. The molecule has 3 aromatic rings. The van der Waals surface area contributed by atoms with E-state index in [1.54, 1.807) is 31.1 Å². The van der Waals surface area contributed by atoms with Crippen molar-refractivity contribution in [2.45, 2.75) is 24.9 Å². The molecule has 0 radical (unpaired) electrons. The van der Waals surface area contributed by atoms with E-state index in [0.29, 0.717) is 30.2 Å². The van der Waals surface area contributed by atoms with Gasteiger partial charge in [-0.3, -0.25) is 14.5 Å². The molecule has 40 heavy (non-hydrogen) atoms. The second-order valence-corrected chi connectivity index (χ2v) is 10.5. The molecular formula is C30H36N4O6. The van der Waals surface area contributed by atoms with Gasteiger partial charge >= 0.3 is 0 Å². The summed E-state index contributed by atoms with van der Waals surface area (Å²) in [4.78, 5) is 37.3. The Hall–Kier alpha value is -3.76. The van der Waals surface area contributed by atoms with Gasteiger partial charge in [0.1, 0.15) is 6.04 Å². The molecular weight excluding hydrogens is 512 g/mol. The number of amides is 2. The standard InChI is InChI=1S/C30H36N4O6/c1-37-24-15-19(16-25(38-2)29(24)39-3)28-27-21(20-7-4-5-8-22(20)31-27)17-23-30(36)33(18-26(35)34(23)28)10-6-9-32-11-13-40-14-12-32/h4-5,7-8,15-16,23,28,31H,6,9-14,17-18H2,1-3H3/t23-,28+/m1/s1. The largest absolute Gasteiger partial charge is 0.493 e. The summed E-state index contributed by atoms with van der Waals surface area (Å²) < 4.78 is 22.3. The summed E-state index contributed by atoms with van der Waals surface area (Å²) in [5.74, 6) is 1.40.